The van der Waals surface area contributed by atoms with E-state index in [1.54, 1.807) is 36.4 Å². The molecule has 138 valence electrons. The van der Waals surface area contributed by atoms with Crippen LogP contribution in [0.5, 0.6) is 0 Å². The predicted octanol–water partition coefficient (Wildman–Crippen LogP) is 2.24. The van der Waals surface area contributed by atoms with Crippen LogP contribution < -0.4 is 10.0 Å². The molecular formula is C19H22N2O4S. The van der Waals surface area contributed by atoms with E-state index in [0.717, 1.165) is 19.3 Å². The molecule has 0 radical (unpaired) electrons. The van der Waals surface area contributed by atoms with Gasteiger partial charge in [-0.3, -0.25) is 4.79 Å². The van der Waals surface area contributed by atoms with Crippen molar-refractivity contribution in [2.45, 2.75) is 30.3 Å². The van der Waals surface area contributed by atoms with Crippen LogP contribution in [-0.4, -0.2) is 32.4 Å². The molecule has 0 spiro atoms. The van der Waals surface area contributed by atoms with Crippen LogP contribution in [-0.2, 0) is 10.0 Å². The van der Waals surface area contributed by atoms with Crippen molar-refractivity contribution >= 4 is 21.5 Å². The lowest BCUT2D eigenvalue weighted by Gasteiger charge is -2.32. The molecule has 2 aromatic rings. The molecule has 7 heteroatoms. The highest BCUT2D eigenvalue weighted by atomic mass is 32.2. The molecule has 1 heterocycles. The summed E-state index contributed by atoms with van der Waals surface area (Å²) >= 11 is 0. The van der Waals surface area contributed by atoms with E-state index in [4.69, 9.17) is 5.14 Å². The van der Waals surface area contributed by atoms with Gasteiger partial charge in [0.1, 0.15) is 11.0 Å². The number of primary sulfonamides is 1. The average molecular weight is 374 g/mol. The second-order valence-electron chi connectivity index (χ2n) is 6.42. The number of sulfonamides is 1. The molecule has 26 heavy (non-hydrogen) atoms. The lowest BCUT2D eigenvalue weighted by atomic mass is 9.97. The molecule has 2 aromatic carbocycles. The van der Waals surface area contributed by atoms with Crippen LogP contribution in [0.25, 0.3) is 0 Å². The number of carbonyl (C=O) groups is 1. The fourth-order valence-electron chi connectivity index (χ4n) is 3.33. The van der Waals surface area contributed by atoms with Crippen LogP contribution in [0.4, 0.5) is 5.69 Å². The highest BCUT2D eigenvalue weighted by Crippen LogP contribution is 2.33. The van der Waals surface area contributed by atoms with E-state index in [2.05, 4.69) is 0 Å². The number of hydrogen-bond acceptors (Lipinski definition) is 5. The van der Waals surface area contributed by atoms with Crippen LogP contribution in [0.1, 0.15) is 41.3 Å². The number of piperidine rings is 1. The van der Waals surface area contributed by atoms with Gasteiger partial charge in [-0.25, -0.2) is 13.6 Å². The van der Waals surface area contributed by atoms with Gasteiger partial charge >= 0.3 is 0 Å². The summed E-state index contributed by atoms with van der Waals surface area (Å²) in [5.74, 6) is -0.540. The van der Waals surface area contributed by atoms with Crippen LogP contribution in [0.3, 0.4) is 0 Å². The van der Waals surface area contributed by atoms with Crippen LogP contribution in [0.15, 0.2) is 53.4 Å². The topological polar surface area (TPSA) is 101 Å². The Hall–Kier alpha value is -2.22. The maximum Gasteiger partial charge on any atom is 0.240 e. The lowest BCUT2D eigenvalue weighted by Crippen LogP contribution is -2.33. The highest BCUT2D eigenvalue weighted by molar-refractivity contribution is 7.89. The van der Waals surface area contributed by atoms with Crippen LogP contribution in [0, 0.1) is 0 Å². The zero-order chi connectivity index (χ0) is 18.7. The Labute approximate surface area is 153 Å². The van der Waals surface area contributed by atoms with Gasteiger partial charge in [0.05, 0.1) is 5.69 Å². The Bertz CT molecular complexity index is 891. The van der Waals surface area contributed by atoms with E-state index in [0.29, 0.717) is 24.3 Å². The summed E-state index contributed by atoms with van der Waals surface area (Å²) < 4.78 is 24.2. The molecule has 0 bridgehead atoms. The van der Waals surface area contributed by atoms with Crippen molar-refractivity contribution in [3.8, 4) is 0 Å². The van der Waals surface area contributed by atoms with Gasteiger partial charge in [0, 0.05) is 18.7 Å². The van der Waals surface area contributed by atoms with Crippen molar-refractivity contribution in [1.29, 1.82) is 0 Å². The molecule has 1 unspecified atom stereocenters. The zero-order valence-electron chi connectivity index (χ0n) is 14.3. The SMILES string of the molecule is NS(=O)(=O)c1cccc(C(=O)C(O)c2ccccc2)c1N1CCCCC1. The predicted molar refractivity (Wildman–Crippen MR) is 99.6 cm³/mol. The molecule has 0 saturated carbocycles. The molecule has 1 aliphatic heterocycles. The second kappa shape index (κ2) is 7.57. The van der Waals surface area contributed by atoms with Crippen molar-refractivity contribution in [3.63, 3.8) is 0 Å². The quantitative estimate of drug-likeness (QED) is 0.782. The average Bonchev–Trinajstić information content (AvgIpc) is 2.67. The van der Waals surface area contributed by atoms with Gasteiger partial charge in [0.2, 0.25) is 10.0 Å². The molecule has 0 aromatic heterocycles. The molecule has 0 aliphatic carbocycles. The van der Waals surface area contributed by atoms with Crippen molar-refractivity contribution in [2.75, 3.05) is 18.0 Å². The molecule has 1 fully saturated rings. The molecule has 6 nitrogen and oxygen atoms in total. The van der Waals surface area contributed by atoms with Gasteiger partial charge in [-0.05, 0) is 37.0 Å². The van der Waals surface area contributed by atoms with E-state index in [1.165, 1.54) is 12.1 Å². The van der Waals surface area contributed by atoms with Crippen molar-refractivity contribution in [3.05, 3.63) is 59.7 Å². The van der Waals surface area contributed by atoms with E-state index in [1.807, 2.05) is 4.90 Å². The Morgan fingerprint density at radius 1 is 1.00 bits per heavy atom. The third-order valence-corrected chi connectivity index (χ3v) is 5.55. The number of hydrogen-bond donors (Lipinski definition) is 2. The summed E-state index contributed by atoms with van der Waals surface area (Å²) in [6, 6.07) is 13.0. The summed E-state index contributed by atoms with van der Waals surface area (Å²) in [4.78, 5) is 14.8. The first kappa shape index (κ1) is 18.6. The fourth-order valence-corrected chi connectivity index (χ4v) is 4.11. The van der Waals surface area contributed by atoms with Gasteiger partial charge in [-0.1, -0.05) is 36.4 Å². The second-order valence-corrected chi connectivity index (χ2v) is 7.95. The molecule has 3 N–H and O–H groups in total. The maximum absolute atomic E-state index is 13.0. The molecule has 1 aliphatic rings. The van der Waals surface area contributed by atoms with Crippen molar-refractivity contribution in [1.82, 2.24) is 0 Å². The normalized spacial score (nSPS) is 16.3. The minimum absolute atomic E-state index is 0.0782. The number of rotatable bonds is 5. The number of aliphatic hydroxyl groups is 1. The molecule has 1 atom stereocenters. The van der Waals surface area contributed by atoms with E-state index in [9.17, 15) is 18.3 Å². The minimum Gasteiger partial charge on any atom is -0.380 e. The third kappa shape index (κ3) is 3.80. The van der Waals surface area contributed by atoms with Crippen LogP contribution >= 0.6 is 0 Å². The van der Waals surface area contributed by atoms with Gasteiger partial charge in [0.25, 0.3) is 0 Å². The van der Waals surface area contributed by atoms with E-state index >= 15 is 0 Å². The van der Waals surface area contributed by atoms with Gasteiger partial charge in [-0.15, -0.1) is 0 Å². The number of nitrogens with two attached hydrogens (primary N) is 1. The molecule has 1 saturated heterocycles. The summed E-state index contributed by atoms with van der Waals surface area (Å²) in [5, 5.41) is 15.9. The number of carbonyl (C=O) groups excluding carboxylic acids is 1. The van der Waals surface area contributed by atoms with Crippen LogP contribution in [0.2, 0.25) is 0 Å². The third-order valence-electron chi connectivity index (χ3n) is 4.61. The van der Waals surface area contributed by atoms with Gasteiger partial charge < -0.3 is 10.0 Å². The van der Waals surface area contributed by atoms with Gasteiger partial charge in [0.15, 0.2) is 5.78 Å². The molecule has 0 amide bonds. The van der Waals surface area contributed by atoms with E-state index in [-0.39, 0.29) is 10.5 Å². The first-order valence-corrected chi connectivity index (χ1v) is 10.1. The highest BCUT2D eigenvalue weighted by Gasteiger charge is 2.29. The first-order valence-electron chi connectivity index (χ1n) is 8.57. The molecular weight excluding hydrogens is 352 g/mol. The lowest BCUT2D eigenvalue weighted by molar-refractivity contribution is 0.0747. The number of benzene rings is 2. The summed E-state index contributed by atoms with van der Waals surface area (Å²) in [6.07, 6.45) is 1.52. The number of anilines is 1. The Balaban J connectivity index is 2.10. The smallest absolute Gasteiger partial charge is 0.240 e. The van der Waals surface area contributed by atoms with E-state index < -0.39 is 21.9 Å². The number of ketones is 1. The Morgan fingerprint density at radius 3 is 2.27 bits per heavy atom. The number of Topliss-reactive ketones (excluding diaryl/α,β-unsaturated/α-hetero) is 1. The standard InChI is InChI=1S/C19H22N2O4S/c20-26(24,25)16-11-7-10-15(17(16)21-12-5-2-6-13-21)19(23)18(22)14-8-3-1-4-9-14/h1,3-4,7-11,18,22H,2,5-6,12-13H2,(H2,20,24,25). The minimum atomic E-state index is -4.00. The zero-order valence-corrected chi connectivity index (χ0v) is 15.2. The number of nitrogens with zero attached hydrogens (tertiary/aromatic N) is 1. The van der Waals surface area contributed by atoms with Crippen molar-refractivity contribution < 1.29 is 18.3 Å². The fraction of sp³-hybridized carbons (Fsp3) is 0.316. The summed E-state index contributed by atoms with van der Waals surface area (Å²) in [7, 11) is -4.00. The maximum atomic E-state index is 13.0. The largest absolute Gasteiger partial charge is 0.380 e. The Kier molecular flexibility index (Phi) is 5.41. The number of para-hydroxylation sites is 1. The summed E-state index contributed by atoms with van der Waals surface area (Å²) in [5.41, 5.74) is 0.938. The van der Waals surface area contributed by atoms with Gasteiger partial charge in [-0.2, -0.15) is 0 Å². The molecule has 3 rings (SSSR count). The number of aliphatic hydroxyl groups excluding tert-OH is 1. The first-order chi connectivity index (χ1) is 12.4. The Morgan fingerprint density at radius 2 is 1.65 bits per heavy atom. The van der Waals surface area contributed by atoms with Crippen molar-refractivity contribution in [2.24, 2.45) is 5.14 Å². The monoisotopic (exact) mass is 374 g/mol. The summed E-state index contributed by atoms with van der Waals surface area (Å²) in [6.45, 7) is 1.29.